The number of aryl methyl sites for hydroxylation is 3. The molecule has 0 unspecified atom stereocenters. The highest BCUT2D eigenvalue weighted by Crippen LogP contribution is 2.25. The van der Waals surface area contributed by atoms with Gasteiger partial charge in [0.25, 0.3) is 5.91 Å². The molecule has 0 radical (unpaired) electrons. The molecule has 0 bridgehead atoms. The van der Waals surface area contributed by atoms with Gasteiger partial charge in [0.2, 0.25) is 0 Å². The van der Waals surface area contributed by atoms with E-state index in [2.05, 4.69) is 16.5 Å². The fourth-order valence-electron chi connectivity index (χ4n) is 2.80. The van der Waals surface area contributed by atoms with Crippen molar-refractivity contribution in [3.63, 3.8) is 0 Å². The van der Waals surface area contributed by atoms with Crippen LogP contribution in [-0.4, -0.2) is 21.7 Å². The van der Waals surface area contributed by atoms with Crippen molar-refractivity contribution >= 4 is 5.91 Å². The second-order valence-corrected chi connectivity index (χ2v) is 6.66. The molecular weight excluding hydrogens is 314 g/mol. The summed E-state index contributed by atoms with van der Waals surface area (Å²) in [6.45, 7) is 9.82. The van der Waals surface area contributed by atoms with E-state index >= 15 is 0 Å². The van der Waals surface area contributed by atoms with Crippen LogP contribution in [0.5, 0.6) is 0 Å². The van der Waals surface area contributed by atoms with Gasteiger partial charge >= 0.3 is 0 Å². The Morgan fingerprint density at radius 3 is 2.48 bits per heavy atom. The lowest BCUT2D eigenvalue weighted by Gasteiger charge is -2.12. The second-order valence-electron chi connectivity index (χ2n) is 6.66. The van der Waals surface area contributed by atoms with Gasteiger partial charge in [0, 0.05) is 12.1 Å². The molecule has 0 aliphatic carbocycles. The quantitative estimate of drug-likeness (QED) is 0.776. The second kappa shape index (κ2) is 6.59. The highest BCUT2D eigenvalue weighted by molar-refractivity contribution is 5.94. The largest absolute Gasteiger partial charge is 0.460 e. The van der Waals surface area contributed by atoms with Gasteiger partial charge in [-0.15, -0.1) is 0 Å². The molecule has 0 fully saturated rings. The normalized spacial score (nSPS) is 11.1. The Labute approximate surface area is 147 Å². The number of hydrogen-bond donors (Lipinski definition) is 1. The average Bonchev–Trinajstić information content (AvgIpc) is 3.13. The number of carbonyl (C=O) groups is 1. The smallest absolute Gasteiger partial charge is 0.270 e. The first-order valence-electron chi connectivity index (χ1n) is 8.40. The molecule has 0 aliphatic rings. The Balaban J connectivity index is 2.14. The van der Waals surface area contributed by atoms with Crippen LogP contribution >= 0.6 is 0 Å². The molecule has 1 aromatic carbocycles. The number of nitrogens with zero attached hydrogens (tertiary/aromatic N) is 2. The summed E-state index contributed by atoms with van der Waals surface area (Å²) in [6.07, 6.45) is 0. The van der Waals surface area contributed by atoms with E-state index in [1.165, 1.54) is 5.56 Å². The number of furan rings is 1. The van der Waals surface area contributed by atoms with Crippen molar-refractivity contribution in [3.05, 3.63) is 59.0 Å². The standard InChI is InChI=1S/C20H23N3O2/c1-12(2)21-20(24)18-11-16(19-9-7-15(5)25-19)22-23(18)17-8-6-13(3)10-14(17)4/h6-12H,1-5H3,(H,21,24). The van der Waals surface area contributed by atoms with Gasteiger partial charge in [-0.05, 0) is 58.4 Å². The molecule has 1 N–H and O–H groups in total. The van der Waals surface area contributed by atoms with Gasteiger partial charge in [-0.25, -0.2) is 4.68 Å². The van der Waals surface area contributed by atoms with Gasteiger partial charge in [-0.3, -0.25) is 4.79 Å². The first-order chi connectivity index (χ1) is 11.8. The zero-order valence-corrected chi connectivity index (χ0v) is 15.3. The van der Waals surface area contributed by atoms with Crippen LogP contribution < -0.4 is 5.32 Å². The molecule has 25 heavy (non-hydrogen) atoms. The van der Waals surface area contributed by atoms with Crippen molar-refractivity contribution in [2.24, 2.45) is 0 Å². The number of nitrogens with one attached hydrogen (secondary N) is 1. The Morgan fingerprint density at radius 1 is 1.12 bits per heavy atom. The number of hydrogen-bond acceptors (Lipinski definition) is 3. The van der Waals surface area contributed by atoms with Crippen LogP contribution in [-0.2, 0) is 0 Å². The first-order valence-corrected chi connectivity index (χ1v) is 8.40. The van der Waals surface area contributed by atoms with E-state index in [9.17, 15) is 4.79 Å². The molecule has 0 spiro atoms. The maximum atomic E-state index is 12.7. The van der Waals surface area contributed by atoms with Crippen molar-refractivity contribution in [1.29, 1.82) is 0 Å². The van der Waals surface area contributed by atoms with Crippen molar-refractivity contribution in [2.75, 3.05) is 0 Å². The lowest BCUT2D eigenvalue weighted by Crippen LogP contribution is -2.31. The van der Waals surface area contributed by atoms with Crippen molar-refractivity contribution < 1.29 is 9.21 Å². The summed E-state index contributed by atoms with van der Waals surface area (Å²) in [6, 6.07) is 11.7. The minimum absolute atomic E-state index is 0.0456. The van der Waals surface area contributed by atoms with Crippen LogP contribution in [0.1, 0.15) is 41.2 Å². The first kappa shape index (κ1) is 17.0. The van der Waals surface area contributed by atoms with Gasteiger partial charge < -0.3 is 9.73 Å². The van der Waals surface area contributed by atoms with E-state index in [-0.39, 0.29) is 11.9 Å². The molecule has 0 aliphatic heterocycles. The summed E-state index contributed by atoms with van der Waals surface area (Å²) < 4.78 is 7.37. The fourth-order valence-corrected chi connectivity index (χ4v) is 2.80. The van der Waals surface area contributed by atoms with Crippen molar-refractivity contribution in [3.8, 4) is 17.1 Å². The maximum Gasteiger partial charge on any atom is 0.270 e. The summed E-state index contributed by atoms with van der Waals surface area (Å²) >= 11 is 0. The predicted molar refractivity (Wildman–Crippen MR) is 98.1 cm³/mol. The van der Waals surface area contributed by atoms with Gasteiger partial charge in [0.05, 0.1) is 5.69 Å². The number of amides is 1. The van der Waals surface area contributed by atoms with Gasteiger partial charge in [-0.2, -0.15) is 5.10 Å². The molecule has 3 rings (SSSR count). The minimum Gasteiger partial charge on any atom is -0.460 e. The molecule has 0 atom stereocenters. The van der Waals surface area contributed by atoms with Crippen LogP contribution in [0.15, 0.2) is 40.8 Å². The molecule has 0 saturated heterocycles. The Bertz CT molecular complexity index is 919. The van der Waals surface area contributed by atoms with E-state index < -0.39 is 0 Å². The topological polar surface area (TPSA) is 60.1 Å². The van der Waals surface area contributed by atoms with E-state index in [0.29, 0.717) is 17.1 Å². The molecule has 5 nitrogen and oxygen atoms in total. The van der Waals surface area contributed by atoms with Crippen LogP contribution in [0.3, 0.4) is 0 Å². The van der Waals surface area contributed by atoms with Crippen LogP contribution in [0, 0.1) is 20.8 Å². The van der Waals surface area contributed by atoms with E-state index in [1.807, 2.05) is 58.9 Å². The van der Waals surface area contributed by atoms with Crippen LogP contribution in [0.2, 0.25) is 0 Å². The molecule has 1 amide bonds. The Morgan fingerprint density at radius 2 is 1.88 bits per heavy atom. The fraction of sp³-hybridized carbons (Fsp3) is 0.300. The number of aromatic nitrogens is 2. The molecule has 130 valence electrons. The van der Waals surface area contributed by atoms with Crippen molar-refractivity contribution in [1.82, 2.24) is 15.1 Å². The van der Waals surface area contributed by atoms with E-state index in [4.69, 9.17) is 4.42 Å². The summed E-state index contributed by atoms with van der Waals surface area (Å²) in [4.78, 5) is 12.7. The van der Waals surface area contributed by atoms with Gasteiger partial charge in [-0.1, -0.05) is 17.7 Å². The number of carbonyl (C=O) groups excluding carboxylic acids is 1. The highest BCUT2D eigenvalue weighted by Gasteiger charge is 2.20. The van der Waals surface area contributed by atoms with Gasteiger partial charge in [0.15, 0.2) is 5.76 Å². The summed E-state index contributed by atoms with van der Waals surface area (Å²) in [5, 5.41) is 7.58. The Kier molecular flexibility index (Phi) is 4.49. The minimum atomic E-state index is -0.156. The summed E-state index contributed by atoms with van der Waals surface area (Å²) in [7, 11) is 0. The van der Waals surface area contributed by atoms with E-state index in [0.717, 1.165) is 17.0 Å². The van der Waals surface area contributed by atoms with E-state index in [1.54, 1.807) is 10.7 Å². The van der Waals surface area contributed by atoms with Crippen molar-refractivity contribution in [2.45, 2.75) is 40.7 Å². The van der Waals surface area contributed by atoms with Crippen LogP contribution in [0.4, 0.5) is 0 Å². The third-order valence-electron chi connectivity index (χ3n) is 3.94. The zero-order chi connectivity index (χ0) is 18.1. The third kappa shape index (κ3) is 3.50. The molecular formula is C20H23N3O2. The molecule has 3 aromatic rings. The number of rotatable bonds is 4. The SMILES string of the molecule is Cc1ccc(-n2nc(-c3ccc(C)o3)cc2C(=O)NC(C)C)c(C)c1. The summed E-state index contributed by atoms with van der Waals surface area (Å²) in [5.74, 6) is 1.31. The monoisotopic (exact) mass is 337 g/mol. The lowest BCUT2D eigenvalue weighted by atomic mass is 10.1. The van der Waals surface area contributed by atoms with Crippen LogP contribution in [0.25, 0.3) is 17.1 Å². The highest BCUT2D eigenvalue weighted by atomic mass is 16.3. The Hall–Kier alpha value is -2.82. The molecule has 0 saturated carbocycles. The molecule has 2 aromatic heterocycles. The zero-order valence-electron chi connectivity index (χ0n) is 15.3. The molecule has 5 heteroatoms. The maximum absolute atomic E-state index is 12.7. The predicted octanol–water partition coefficient (Wildman–Crippen LogP) is 4.20. The number of benzene rings is 1. The lowest BCUT2D eigenvalue weighted by molar-refractivity contribution is 0.0935. The molecule has 2 heterocycles. The third-order valence-corrected chi connectivity index (χ3v) is 3.94. The van der Waals surface area contributed by atoms with Gasteiger partial charge in [0.1, 0.15) is 17.1 Å². The summed E-state index contributed by atoms with van der Waals surface area (Å²) in [5.41, 5.74) is 4.24. The average molecular weight is 337 g/mol.